The van der Waals surface area contributed by atoms with Crippen molar-refractivity contribution in [3.63, 3.8) is 0 Å². The van der Waals surface area contributed by atoms with E-state index in [9.17, 15) is 9.90 Å². The Balaban J connectivity index is 2.34. The van der Waals surface area contributed by atoms with E-state index in [1.165, 1.54) is 7.11 Å². The molecule has 0 fully saturated rings. The van der Waals surface area contributed by atoms with Gasteiger partial charge in [0.25, 0.3) is 0 Å². The molecule has 1 aromatic heterocycles. The maximum Gasteiger partial charge on any atom is 0.315 e. The Morgan fingerprint density at radius 2 is 2.09 bits per heavy atom. The number of aryl methyl sites for hydroxylation is 1. The molecule has 2 rings (SSSR count). The zero-order valence-corrected chi connectivity index (χ0v) is 13.2. The summed E-state index contributed by atoms with van der Waals surface area (Å²) in [7, 11) is 1.50. The largest absolute Gasteiger partial charge is 0.481 e. The maximum absolute atomic E-state index is 11.4. The van der Waals surface area contributed by atoms with Crippen molar-refractivity contribution in [3.05, 3.63) is 47.7 Å². The number of carbonyl (C=O) groups is 1. The molecule has 4 nitrogen and oxygen atoms in total. The molecule has 0 aliphatic heterocycles. The minimum absolute atomic E-state index is 0.130. The van der Waals surface area contributed by atoms with Gasteiger partial charge in [-0.15, -0.1) is 0 Å². The Hall–Kier alpha value is -2.20. The maximum atomic E-state index is 11.4. The predicted molar refractivity (Wildman–Crippen MR) is 87.8 cm³/mol. The molecule has 0 unspecified atom stereocenters. The van der Waals surface area contributed by atoms with Crippen LogP contribution in [-0.2, 0) is 16.0 Å². The van der Waals surface area contributed by atoms with Gasteiger partial charge in [0, 0.05) is 18.2 Å². The Morgan fingerprint density at radius 1 is 1.36 bits per heavy atom. The van der Waals surface area contributed by atoms with E-state index >= 15 is 0 Å². The minimum Gasteiger partial charge on any atom is -0.481 e. The standard InChI is InChI=1S/C18H21NO3/c1-4-15-8-7-14-6-5-13(11-16(14)19-15)9-10-18(2,12-22-3)17(20)21/h5-11H,4,12H2,1-3H3,(H,20,21)/b10-9+/t18-/m0/s1. The van der Waals surface area contributed by atoms with Gasteiger partial charge >= 0.3 is 5.97 Å². The Morgan fingerprint density at radius 3 is 2.73 bits per heavy atom. The summed E-state index contributed by atoms with van der Waals surface area (Å²) in [4.78, 5) is 16.0. The third-order valence-electron chi connectivity index (χ3n) is 3.71. The van der Waals surface area contributed by atoms with Crippen LogP contribution in [0.25, 0.3) is 17.0 Å². The van der Waals surface area contributed by atoms with Gasteiger partial charge < -0.3 is 9.84 Å². The molecule has 1 N–H and O–H groups in total. The molecule has 0 radical (unpaired) electrons. The van der Waals surface area contributed by atoms with Gasteiger partial charge in [-0.25, -0.2) is 0 Å². The van der Waals surface area contributed by atoms with E-state index in [1.807, 2.05) is 30.3 Å². The second-order valence-corrected chi connectivity index (χ2v) is 5.60. The SMILES string of the molecule is CCc1ccc2ccc(/C=C/[C@@](C)(COC)C(=O)O)cc2n1. The van der Waals surface area contributed by atoms with Crippen molar-refractivity contribution in [1.29, 1.82) is 0 Å². The van der Waals surface area contributed by atoms with Crippen LogP contribution >= 0.6 is 0 Å². The highest BCUT2D eigenvalue weighted by molar-refractivity contribution is 5.82. The molecule has 0 saturated carbocycles. The van der Waals surface area contributed by atoms with Crippen molar-refractivity contribution in [3.8, 4) is 0 Å². The summed E-state index contributed by atoms with van der Waals surface area (Å²) in [5.74, 6) is -0.905. The number of hydrogen-bond acceptors (Lipinski definition) is 3. The second-order valence-electron chi connectivity index (χ2n) is 5.60. The van der Waals surface area contributed by atoms with Crippen LogP contribution in [0.15, 0.2) is 36.4 Å². The first-order valence-electron chi connectivity index (χ1n) is 7.30. The van der Waals surface area contributed by atoms with E-state index in [0.717, 1.165) is 28.6 Å². The summed E-state index contributed by atoms with van der Waals surface area (Å²) < 4.78 is 5.01. The first-order chi connectivity index (χ1) is 10.5. The van der Waals surface area contributed by atoms with Gasteiger partial charge in [-0.1, -0.05) is 37.3 Å². The van der Waals surface area contributed by atoms with Gasteiger partial charge in [-0.3, -0.25) is 9.78 Å². The van der Waals surface area contributed by atoms with E-state index < -0.39 is 11.4 Å². The Labute approximate surface area is 130 Å². The lowest BCUT2D eigenvalue weighted by Gasteiger charge is -2.19. The third-order valence-corrected chi connectivity index (χ3v) is 3.71. The van der Waals surface area contributed by atoms with Gasteiger partial charge in [-0.2, -0.15) is 0 Å². The molecular formula is C18H21NO3. The van der Waals surface area contributed by atoms with E-state index in [0.29, 0.717) is 0 Å². The van der Waals surface area contributed by atoms with Crippen molar-refractivity contribution >= 4 is 22.9 Å². The van der Waals surface area contributed by atoms with E-state index in [4.69, 9.17) is 4.74 Å². The van der Waals surface area contributed by atoms with Crippen molar-refractivity contribution in [2.75, 3.05) is 13.7 Å². The molecule has 0 aliphatic rings. The van der Waals surface area contributed by atoms with E-state index in [1.54, 1.807) is 13.0 Å². The van der Waals surface area contributed by atoms with Gasteiger partial charge in [-0.05, 0) is 31.0 Å². The average molecular weight is 299 g/mol. The van der Waals surface area contributed by atoms with Gasteiger partial charge in [0.15, 0.2) is 0 Å². The van der Waals surface area contributed by atoms with Gasteiger partial charge in [0.1, 0.15) is 5.41 Å². The van der Waals surface area contributed by atoms with Crippen LogP contribution in [0.3, 0.4) is 0 Å². The molecule has 0 saturated heterocycles. The van der Waals surface area contributed by atoms with Crippen molar-refractivity contribution in [2.24, 2.45) is 5.41 Å². The Bertz CT molecular complexity index is 709. The summed E-state index contributed by atoms with van der Waals surface area (Å²) in [6.07, 6.45) is 4.37. The number of ether oxygens (including phenoxy) is 1. The van der Waals surface area contributed by atoms with E-state index in [2.05, 4.69) is 18.0 Å². The van der Waals surface area contributed by atoms with Crippen LogP contribution in [0.4, 0.5) is 0 Å². The van der Waals surface area contributed by atoms with Crippen molar-refractivity contribution in [1.82, 2.24) is 4.98 Å². The van der Waals surface area contributed by atoms with Crippen LogP contribution in [-0.4, -0.2) is 29.8 Å². The molecule has 1 aromatic carbocycles. The van der Waals surface area contributed by atoms with Crippen molar-refractivity contribution in [2.45, 2.75) is 20.3 Å². The monoisotopic (exact) mass is 299 g/mol. The number of benzene rings is 1. The number of aromatic nitrogens is 1. The molecule has 1 heterocycles. The summed E-state index contributed by atoms with van der Waals surface area (Å²) in [6, 6.07) is 10.0. The fourth-order valence-corrected chi connectivity index (χ4v) is 2.24. The number of pyridine rings is 1. The first kappa shape index (κ1) is 16.2. The lowest BCUT2D eigenvalue weighted by Crippen LogP contribution is -2.30. The number of hydrogen-bond donors (Lipinski definition) is 1. The summed E-state index contributed by atoms with van der Waals surface area (Å²) in [6.45, 7) is 3.84. The molecule has 0 aliphatic carbocycles. The molecule has 22 heavy (non-hydrogen) atoms. The second kappa shape index (κ2) is 6.71. The number of aliphatic carboxylic acids is 1. The highest BCUT2D eigenvalue weighted by Gasteiger charge is 2.29. The molecule has 0 amide bonds. The average Bonchev–Trinajstić information content (AvgIpc) is 2.52. The number of carboxylic acids is 1. The van der Waals surface area contributed by atoms with E-state index in [-0.39, 0.29) is 6.61 Å². The molecule has 4 heteroatoms. The summed E-state index contributed by atoms with van der Waals surface area (Å²) >= 11 is 0. The lowest BCUT2D eigenvalue weighted by atomic mass is 9.90. The van der Waals surface area contributed by atoms with Crippen LogP contribution in [0.1, 0.15) is 25.1 Å². The number of rotatable bonds is 6. The first-order valence-corrected chi connectivity index (χ1v) is 7.30. The zero-order valence-electron chi connectivity index (χ0n) is 13.2. The number of methoxy groups -OCH3 is 1. The van der Waals surface area contributed by atoms with Gasteiger partial charge in [0.05, 0.1) is 12.1 Å². The smallest absolute Gasteiger partial charge is 0.315 e. The third kappa shape index (κ3) is 3.52. The fourth-order valence-electron chi connectivity index (χ4n) is 2.24. The van der Waals surface area contributed by atoms with Crippen LogP contribution < -0.4 is 0 Å². The fraction of sp³-hybridized carbons (Fsp3) is 0.333. The zero-order chi connectivity index (χ0) is 16.2. The summed E-state index contributed by atoms with van der Waals surface area (Å²) in [5.41, 5.74) is 1.85. The molecular weight excluding hydrogens is 278 g/mol. The highest BCUT2D eigenvalue weighted by atomic mass is 16.5. The highest BCUT2D eigenvalue weighted by Crippen LogP contribution is 2.22. The number of fused-ring (bicyclic) bond motifs is 1. The predicted octanol–water partition coefficient (Wildman–Crippen LogP) is 3.55. The summed E-state index contributed by atoms with van der Waals surface area (Å²) in [5, 5.41) is 10.4. The van der Waals surface area contributed by atoms with Crippen molar-refractivity contribution < 1.29 is 14.6 Å². The Kier molecular flexibility index (Phi) is 4.93. The van der Waals surface area contributed by atoms with Crippen LogP contribution in [0.5, 0.6) is 0 Å². The molecule has 0 bridgehead atoms. The van der Waals surface area contributed by atoms with Crippen LogP contribution in [0, 0.1) is 5.41 Å². The number of nitrogens with zero attached hydrogens (tertiary/aromatic N) is 1. The number of carboxylic acid groups (broad SMARTS) is 1. The topological polar surface area (TPSA) is 59.4 Å². The molecule has 116 valence electrons. The van der Waals surface area contributed by atoms with Gasteiger partial charge in [0.2, 0.25) is 0 Å². The van der Waals surface area contributed by atoms with Crippen LogP contribution in [0.2, 0.25) is 0 Å². The quantitative estimate of drug-likeness (QED) is 0.886. The molecule has 0 spiro atoms. The lowest BCUT2D eigenvalue weighted by molar-refractivity contribution is -0.147. The molecule has 1 atom stereocenters. The minimum atomic E-state index is -1.04. The normalized spacial score (nSPS) is 14.3. The molecule has 2 aromatic rings.